The van der Waals surface area contributed by atoms with Crippen molar-refractivity contribution in [2.75, 3.05) is 0 Å². The molecule has 3 unspecified atom stereocenters. The smallest absolute Gasteiger partial charge is 0.224 e. The molecule has 8 heteroatoms. The maximum Gasteiger partial charge on any atom is 0.224 e. The van der Waals surface area contributed by atoms with Crippen molar-refractivity contribution in [3.8, 4) is 22.7 Å². The summed E-state index contributed by atoms with van der Waals surface area (Å²) in [4.78, 5) is 25.9. The average molecular weight is 540 g/mol. The topological polar surface area (TPSA) is 116 Å². The molecule has 3 N–H and O–H groups in total. The van der Waals surface area contributed by atoms with Crippen molar-refractivity contribution in [2.45, 2.75) is 58.5 Å². The molecule has 4 aromatic rings. The van der Waals surface area contributed by atoms with E-state index in [1.54, 1.807) is 6.08 Å². The molecule has 40 heavy (non-hydrogen) atoms. The number of hydrogen-bond acceptors (Lipinski definition) is 5. The van der Waals surface area contributed by atoms with Crippen LogP contribution in [0.5, 0.6) is 0 Å². The minimum atomic E-state index is -0.597. The number of benzene rings is 2. The van der Waals surface area contributed by atoms with Crippen molar-refractivity contribution in [3.05, 3.63) is 73.1 Å². The molecule has 0 saturated carbocycles. The monoisotopic (exact) mass is 539 g/mol. The van der Waals surface area contributed by atoms with E-state index in [0.29, 0.717) is 12.8 Å². The van der Waals surface area contributed by atoms with E-state index in [0.717, 1.165) is 65.3 Å². The number of furan rings is 1. The molecule has 2 aromatic heterocycles. The predicted molar refractivity (Wildman–Crippen MR) is 156 cm³/mol. The highest BCUT2D eigenvalue weighted by Crippen LogP contribution is 2.33. The number of amides is 2. The number of fused-ring (bicyclic) bond motifs is 2. The molecule has 5 rings (SSSR count). The van der Waals surface area contributed by atoms with Gasteiger partial charge in [0.2, 0.25) is 11.8 Å². The number of rotatable bonds is 10. The van der Waals surface area contributed by atoms with Gasteiger partial charge in [0.15, 0.2) is 11.6 Å². The Balaban J connectivity index is 1.43. The van der Waals surface area contributed by atoms with Crippen molar-refractivity contribution < 1.29 is 14.0 Å². The van der Waals surface area contributed by atoms with Crippen molar-refractivity contribution in [1.29, 1.82) is 0 Å². The zero-order chi connectivity index (χ0) is 28.2. The molecule has 3 heterocycles. The molecule has 0 spiro atoms. The molecular weight excluding hydrogens is 502 g/mol. The van der Waals surface area contributed by atoms with Gasteiger partial charge in [-0.25, -0.2) is 0 Å². The molecule has 0 bridgehead atoms. The second kappa shape index (κ2) is 11.9. The second-order valence-corrected chi connectivity index (χ2v) is 11.1. The minimum Gasteiger partial charge on any atom is -0.456 e. The fourth-order valence-electron chi connectivity index (χ4n) is 5.73. The highest BCUT2D eigenvalue weighted by atomic mass is 16.3. The Morgan fingerprint density at radius 3 is 2.65 bits per heavy atom. The summed E-state index contributed by atoms with van der Waals surface area (Å²) in [5, 5.41) is 13.4. The van der Waals surface area contributed by atoms with E-state index in [1.807, 2.05) is 62.4 Å². The Kier molecular flexibility index (Phi) is 8.14. The molecule has 0 radical (unpaired) electrons. The third-order valence-corrected chi connectivity index (χ3v) is 7.70. The summed E-state index contributed by atoms with van der Waals surface area (Å²) < 4.78 is 8.21. The molecule has 2 amide bonds. The van der Waals surface area contributed by atoms with E-state index in [1.165, 1.54) is 0 Å². The fraction of sp³-hybridized carbons (Fsp3) is 0.375. The summed E-state index contributed by atoms with van der Waals surface area (Å²) in [6.07, 6.45) is 5.22. The molecule has 0 fully saturated rings. The number of carbonyl (C=O) groups excluding carboxylic acids is 2. The zero-order valence-corrected chi connectivity index (χ0v) is 23.2. The van der Waals surface area contributed by atoms with E-state index in [9.17, 15) is 9.59 Å². The lowest BCUT2D eigenvalue weighted by Crippen LogP contribution is -2.42. The van der Waals surface area contributed by atoms with Gasteiger partial charge < -0.3 is 20.0 Å². The van der Waals surface area contributed by atoms with E-state index in [-0.39, 0.29) is 17.9 Å². The van der Waals surface area contributed by atoms with Crippen LogP contribution >= 0.6 is 0 Å². The van der Waals surface area contributed by atoms with Crippen LogP contribution in [0.25, 0.3) is 33.7 Å². The molecule has 3 atom stereocenters. The number of carbonyl (C=O) groups is 2. The van der Waals surface area contributed by atoms with Crippen molar-refractivity contribution in [3.63, 3.8) is 0 Å². The SMILES string of the molecule is C=CCC(C(N)=O)C(CC(C)C)C(=O)NC1CCCCn2c(-c3cccc(-c4cc5ccccc5o4)c3)nnc21. The van der Waals surface area contributed by atoms with Crippen LogP contribution in [0.4, 0.5) is 0 Å². The second-order valence-electron chi connectivity index (χ2n) is 11.1. The normalized spacial score (nSPS) is 16.7. The number of hydrogen-bond donors (Lipinski definition) is 2. The van der Waals surface area contributed by atoms with Gasteiger partial charge in [0.1, 0.15) is 11.3 Å². The minimum absolute atomic E-state index is 0.172. The number of nitrogens with one attached hydrogen (secondary N) is 1. The number of aromatic nitrogens is 3. The molecule has 1 aliphatic heterocycles. The van der Waals surface area contributed by atoms with E-state index in [2.05, 4.69) is 32.7 Å². The number of allylic oxidation sites excluding steroid dienone is 1. The third-order valence-electron chi connectivity index (χ3n) is 7.70. The average Bonchev–Trinajstić information content (AvgIpc) is 3.51. The number of primary amides is 1. The quantitative estimate of drug-likeness (QED) is 0.238. The van der Waals surface area contributed by atoms with Crippen LogP contribution in [0.2, 0.25) is 0 Å². The van der Waals surface area contributed by atoms with Gasteiger partial charge in [-0.3, -0.25) is 9.59 Å². The Bertz CT molecular complexity index is 1480. The van der Waals surface area contributed by atoms with E-state index >= 15 is 0 Å². The maximum atomic E-state index is 13.6. The molecule has 0 saturated heterocycles. The lowest BCUT2D eigenvalue weighted by molar-refractivity contribution is -0.134. The molecule has 2 aromatic carbocycles. The van der Waals surface area contributed by atoms with Gasteiger partial charge in [-0.05, 0) is 56.2 Å². The number of para-hydroxylation sites is 1. The van der Waals surface area contributed by atoms with Crippen molar-refractivity contribution in [1.82, 2.24) is 20.1 Å². The molecule has 8 nitrogen and oxygen atoms in total. The van der Waals surface area contributed by atoms with E-state index in [4.69, 9.17) is 10.2 Å². The van der Waals surface area contributed by atoms with Crippen LogP contribution in [0, 0.1) is 17.8 Å². The largest absolute Gasteiger partial charge is 0.456 e. The maximum absolute atomic E-state index is 13.6. The standard InChI is InChI=1S/C32H37N5O3/c1-4-10-24(29(33)38)25(17-20(2)3)32(39)34-26-14-7-8-16-37-30(35-36-31(26)37)23-13-9-12-21(18-23)28-19-22-11-5-6-15-27(22)40-28/h4-6,9,11-13,15,18-20,24-26H,1,7-8,10,14,16-17H2,2-3H3,(H2,33,38)(H,34,39). The van der Waals surface area contributed by atoms with Crippen LogP contribution in [-0.4, -0.2) is 26.6 Å². The zero-order valence-electron chi connectivity index (χ0n) is 23.2. The van der Waals surface area contributed by atoms with Gasteiger partial charge in [-0.1, -0.05) is 56.3 Å². The summed E-state index contributed by atoms with van der Waals surface area (Å²) in [6, 6.07) is 17.8. The lowest BCUT2D eigenvalue weighted by atomic mass is 9.82. The Labute approximate surface area is 234 Å². The summed E-state index contributed by atoms with van der Waals surface area (Å²) in [7, 11) is 0. The number of nitrogens with two attached hydrogens (primary N) is 1. The van der Waals surface area contributed by atoms with Crippen LogP contribution in [0.15, 0.2) is 71.7 Å². The first-order chi connectivity index (χ1) is 19.4. The summed E-state index contributed by atoms with van der Waals surface area (Å²) in [5.41, 5.74) is 8.45. The summed E-state index contributed by atoms with van der Waals surface area (Å²) >= 11 is 0. The fourth-order valence-corrected chi connectivity index (χ4v) is 5.73. The van der Waals surface area contributed by atoms with Gasteiger partial charge >= 0.3 is 0 Å². The highest BCUT2D eigenvalue weighted by molar-refractivity contribution is 5.87. The van der Waals surface area contributed by atoms with Gasteiger partial charge in [0, 0.05) is 23.1 Å². The summed E-state index contributed by atoms with van der Waals surface area (Å²) in [6.45, 7) is 8.61. The Morgan fingerprint density at radius 1 is 1.10 bits per heavy atom. The summed E-state index contributed by atoms with van der Waals surface area (Å²) in [5.74, 6) is 0.738. The van der Waals surface area contributed by atoms with Gasteiger partial charge in [-0.2, -0.15) is 0 Å². The Hall–Kier alpha value is -4.20. The van der Waals surface area contributed by atoms with Crippen LogP contribution in [0.3, 0.4) is 0 Å². The molecule has 0 aliphatic carbocycles. The van der Waals surface area contributed by atoms with Gasteiger partial charge in [0.25, 0.3) is 0 Å². The first kappa shape index (κ1) is 27.4. The van der Waals surface area contributed by atoms with Crippen LogP contribution in [0.1, 0.15) is 57.8 Å². The Morgan fingerprint density at radius 2 is 1.90 bits per heavy atom. The first-order valence-corrected chi connectivity index (χ1v) is 14.1. The third kappa shape index (κ3) is 5.71. The predicted octanol–water partition coefficient (Wildman–Crippen LogP) is 6.04. The first-order valence-electron chi connectivity index (χ1n) is 14.1. The molecule has 1 aliphatic rings. The highest BCUT2D eigenvalue weighted by Gasteiger charge is 2.35. The van der Waals surface area contributed by atoms with Crippen LogP contribution in [-0.2, 0) is 16.1 Å². The molecule has 208 valence electrons. The molecular formula is C32H37N5O3. The number of nitrogens with zero attached hydrogens (tertiary/aromatic N) is 3. The lowest BCUT2D eigenvalue weighted by Gasteiger charge is -2.27. The van der Waals surface area contributed by atoms with E-state index < -0.39 is 17.7 Å². The van der Waals surface area contributed by atoms with Crippen molar-refractivity contribution >= 4 is 22.8 Å². The van der Waals surface area contributed by atoms with Gasteiger partial charge in [0.05, 0.1) is 17.9 Å². The van der Waals surface area contributed by atoms with Crippen LogP contribution < -0.4 is 11.1 Å². The van der Waals surface area contributed by atoms with Crippen molar-refractivity contribution in [2.24, 2.45) is 23.5 Å². The van der Waals surface area contributed by atoms with Gasteiger partial charge in [-0.15, -0.1) is 16.8 Å².